The van der Waals surface area contributed by atoms with E-state index in [9.17, 15) is 14.4 Å². The van der Waals surface area contributed by atoms with Crippen LogP contribution in [0.4, 0.5) is 15.3 Å². The van der Waals surface area contributed by atoms with Crippen molar-refractivity contribution in [2.75, 3.05) is 71.3 Å². The SMILES string of the molecule is Cc1cc(C[C@@H](OC(=O)N2CCC(N3CCc4ccccc4NC3=O)CC2)C(=O)N2CCC(N3CCCN(C)CC3)CC2)cc2cn[nH]c12. The van der Waals surface area contributed by atoms with Crippen molar-refractivity contribution in [2.45, 2.75) is 70.1 Å². The number of urea groups is 1. The van der Waals surface area contributed by atoms with Gasteiger partial charge in [0.05, 0.1) is 11.7 Å². The van der Waals surface area contributed by atoms with Crippen LogP contribution in [-0.2, 0) is 22.4 Å². The highest BCUT2D eigenvalue weighted by Gasteiger charge is 2.36. The number of aromatic amines is 1. The Bertz CT molecular complexity index is 1640. The fourth-order valence-corrected chi connectivity index (χ4v) is 8.20. The first-order chi connectivity index (χ1) is 23.8. The smallest absolute Gasteiger partial charge is 0.410 e. The van der Waals surface area contributed by atoms with Crippen molar-refractivity contribution < 1.29 is 19.1 Å². The number of aromatic nitrogens is 2. The van der Waals surface area contributed by atoms with E-state index in [0.717, 1.165) is 78.7 Å². The molecule has 2 aromatic carbocycles. The van der Waals surface area contributed by atoms with E-state index in [1.807, 2.05) is 47.1 Å². The minimum Gasteiger partial charge on any atom is -0.436 e. The van der Waals surface area contributed by atoms with Crippen molar-refractivity contribution in [3.63, 3.8) is 0 Å². The van der Waals surface area contributed by atoms with Gasteiger partial charge >= 0.3 is 12.1 Å². The van der Waals surface area contributed by atoms with Crippen LogP contribution in [0.1, 0.15) is 48.8 Å². The molecule has 4 amide bonds. The molecule has 0 bridgehead atoms. The highest BCUT2D eigenvalue weighted by atomic mass is 16.6. The number of piperidine rings is 2. The van der Waals surface area contributed by atoms with Gasteiger partial charge in [0.15, 0.2) is 6.10 Å². The average molecular weight is 671 g/mol. The molecule has 0 saturated carbocycles. The van der Waals surface area contributed by atoms with E-state index in [4.69, 9.17) is 4.74 Å². The van der Waals surface area contributed by atoms with E-state index < -0.39 is 12.2 Å². The number of nitrogens with zero attached hydrogens (tertiary/aromatic N) is 6. The number of H-pyrrole nitrogens is 1. The molecule has 1 atom stereocenters. The number of hydrogen-bond donors (Lipinski definition) is 2. The van der Waals surface area contributed by atoms with Gasteiger partial charge in [-0.25, -0.2) is 9.59 Å². The number of aryl methyl sites for hydroxylation is 1. The highest BCUT2D eigenvalue weighted by Crippen LogP contribution is 2.27. The molecule has 4 aliphatic heterocycles. The van der Waals surface area contributed by atoms with Crippen LogP contribution in [-0.4, -0.2) is 137 Å². The maximum absolute atomic E-state index is 14.2. The molecule has 3 fully saturated rings. The number of ether oxygens (including phenoxy) is 1. The van der Waals surface area contributed by atoms with Crippen molar-refractivity contribution in [3.8, 4) is 0 Å². The number of benzene rings is 2. The van der Waals surface area contributed by atoms with Crippen LogP contribution < -0.4 is 5.32 Å². The molecule has 4 aliphatic rings. The Hall–Kier alpha value is -4.16. The maximum atomic E-state index is 14.2. The standard InChI is InChI=1S/C37H50N8O4/c1-26-22-27(23-29-25-38-40-34(26)29)24-33(35(46)43-15-9-30(10-16-43)42-14-5-13-41(2)20-21-42)49-37(48)44-17-11-31(12-18-44)45-19-8-28-6-3-4-7-32(28)39-36(45)47/h3-4,6-7,22-23,25,30-31,33H,5,8-21,24H2,1-2H3,(H,38,40)(H,39,47)/t33-/m1/s1. The van der Waals surface area contributed by atoms with Crippen LogP contribution in [0, 0.1) is 6.92 Å². The number of para-hydroxylation sites is 1. The average Bonchev–Trinajstić information content (AvgIpc) is 3.40. The quantitative estimate of drug-likeness (QED) is 0.406. The Balaban J connectivity index is 0.996. The Morgan fingerprint density at radius 2 is 1.67 bits per heavy atom. The van der Waals surface area contributed by atoms with Gasteiger partial charge < -0.3 is 29.7 Å². The first-order valence-corrected chi connectivity index (χ1v) is 18.1. The summed E-state index contributed by atoms with van der Waals surface area (Å²) in [6.45, 7) is 9.30. The van der Waals surface area contributed by atoms with Gasteiger partial charge in [-0.3, -0.25) is 14.8 Å². The van der Waals surface area contributed by atoms with Crippen molar-refractivity contribution in [1.29, 1.82) is 0 Å². The van der Waals surface area contributed by atoms with Gasteiger partial charge in [-0.1, -0.05) is 24.3 Å². The van der Waals surface area contributed by atoms with Gasteiger partial charge in [-0.15, -0.1) is 0 Å². The summed E-state index contributed by atoms with van der Waals surface area (Å²) < 4.78 is 6.14. The second-order valence-corrected chi connectivity index (χ2v) is 14.3. The number of carbonyl (C=O) groups is 3. The summed E-state index contributed by atoms with van der Waals surface area (Å²) in [6.07, 6.45) is 5.84. The molecule has 0 spiro atoms. The van der Waals surface area contributed by atoms with Gasteiger partial charge in [0.25, 0.3) is 5.91 Å². The number of carbonyl (C=O) groups excluding carboxylic acids is 3. The predicted octanol–water partition coefficient (Wildman–Crippen LogP) is 4.10. The van der Waals surface area contributed by atoms with Crippen LogP contribution in [0.25, 0.3) is 10.9 Å². The molecule has 5 heterocycles. The molecule has 3 saturated heterocycles. The Morgan fingerprint density at radius 3 is 2.49 bits per heavy atom. The Kier molecular flexibility index (Phi) is 10.0. The van der Waals surface area contributed by atoms with Crippen LogP contribution in [0.3, 0.4) is 0 Å². The maximum Gasteiger partial charge on any atom is 0.410 e. The summed E-state index contributed by atoms with van der Waals surface area (Å²) in [5.74, 6) is -0.122. The summed E-state index contributed by atoms with van der Waals surface area (Å²) in [5.41, 5.74) is 4.95. The third-order valence-electron chi connectivity index (χ3n) is 11.1. The van der Waals surface area contributed by atoms with Crippen LogP contribution in [0.5, 0.6) is 0 Å². The summed E-state index contributed by atoms with van der Waals surface area (Å²) in [7, 11) is 2.19. The van der Waals surface area contributed by atoms with E-state index in [1.165, 1.54) is 6.42 Å². The number of fused-ring (bicyclic) bond motifs is 2. The molecule has 2 N–H and O–H groups in total. The van der Waals surface area contributed by atoms with E-state index in [0.29, 0.717) is 58.0 Å². The Labute approximate surface area is 288 Å². The lowest BCUT2D eigenvalue weighted by Crippen LogP contribution is -2.52. The molecule has 0 unspecified atom stereocenters. The molecule has 1 aromatic heterocycles. The Morgan fingerprint density at radius 1 is 0.918 bits per heavy atom. The number of likely N-dealkylation sites (N-methyl/N-ethyl adjacent to an activating group) is 1. The molecule has 12 heteroatoms. The number of anilines is 1. The number of likely N-dealkylation sites (tertiary alicyclic amines) is 2. The number of rotatable bonds is 6. The fourth-order valence-electron chi connectivity index (χ4n) is 8.20. The van der Waals surface area contributed by atoms with Gasteiger partial charge in [0.2, 0.25) is 0 Å². The minimum absolute atomic E-state index is 0.0337. The van der Waals surface area contributed by atoms with Crippen molar-refractivity contribution >= 4 is 34.6 Å². The summed E-state index contributed by atoms with van der Waals surface area (Å²) in [6, 6.07) is 12.4. The number of nitrogens with one attached hydrogen (secondary N) is 2. The molecule has 0 radical (unpaired) electrons. The second kappa shape index (κ2) is 14.8. The minimum atomic E-state index is -0.924. The second-order valence-electron chi connectivity index (χ2n) is 14.3. The topological polar surface area (TPSA) is 117 Å². The van der Waals surface area contributed by atoms with Crippen molar-refractivity contribution in [2.24, 2.45) is 0 Å². The van der Waals surface area contributed by atoms with Gasteiger partial charge in [-0.2, -0.15) is 5.10 Å². The van der Waals surface area contributed by atoms with E-state index in [2.05, 4.69) is 38.4 Å². The lowest BCUT2D eigenvalue weighted by molar-refractivity contribution is -0.142. The first-order valence-electron chi connectivity index (χ1n) is 18.1. The summed E-state index contributed by atoms with van der Waals surface area (Å²) in [5, 5.41) is 11.3. The molecule has 3 aromatic rings. The molecular formula is C37H50N8O4. The summed E-state index contributed by atoms with van der Waals surface area (Å²) >= 11 is 0. The molecule has 0 aliphatic carbocycles. The van der Waals surface area contributed by atoms with Crippen LogP contribution in [0.15, 0.2) is 42.6 Å². The third kappa shape index (κ3) is 7.55. The van der Waals surface area contributed by atoms with Crippen LogP contribution >= 0.6 is 0 Å². The van der Waals surface area contributed by atoms with E-state index >= 15 is 0 Å². The first kappa shape index (κ1) is 33.3. The van der Waals surface area contributed by atoms with Gasteiger partial charge in [0, 0.05) is 75.4 Å². The summed E-state index contributed by atoms with van der Waals surface area (Å²) in [4.78, 5) is 51.5. The zero-order chi connectivity index (χ0) is 33.9. The van der Waals surface area contributed by atoms with E-state index in [-0.39, 0.29) is 18.0 Å². The fraction of sp³-hybridized carbons (Fsp3) is 0.568. The van der Waals surface area contributed by atoms with Crippen LogP contribution in [0.2, 0.25) is 0 Å². The number of hydrogen-bond acceptors (Lipinski definition) is 7. The molecule has 262 valence electrons. The largest absolute Gasteiger partial charge is 0.436 e. The zero-order valence-corrected chi connectivity index (χ0v) is 28.9. The van der Waals surface area contributed by atoms with Crippen molar-refractivity contribution in [3.05, 3.63) is 59.3 Å². The predicted molar refractivity (Wildman–Crippen MR) is 189 cm³/mol. The van der Waals surface area contributed by atoms with E-state index in [1.54, 1.807) is 11.1 Å². The zero-order valence-electron chi connectivity index (χ0n) is 28.9. The molecule has 49 heavy (non-hydrogen) atoms. The third-order valence-corrected chi connectivity index (χ3v) is 11.1. The van der Waals surface area contributed by atoms with Crippen molar-refractivity contribution in [1.82, 2.24) is 34.7 Å². The molecular weight excluding hydrogens is 620 g/mol. The van der Waals surface area contributed by atoms with Gasteiger partial charge in [-0.05, 0) is 94.4 Å². The normalized spacial score (nSPS) is 21.2. The molecule has 12 nitrogen and oxygen atoms in total. The number of amides is 4. The lowest BCUT2D eigenvalue weighted by atomic mass is 9.99. The highest BCUT2D eigenvalue weighted by molar-refractivity contribution is 5.91. The lowest BCUT2D eigenvalue weighted by Gasteiger charge is -2.40. The monoisotopic (exact) mass is 670 g/mol. The van der Waals surface area contributed by atoms with Gasteiger partial charge in [0.1, 0.15) is 0 Å². The molecule has 7 rings (SSSR count).